The van der Waals surface area contributed by atoms with Crippen LogP contribution in [0.5, 0.6) is 5.75 Å². The van der Waals surface area contributed by atoms with E-state index in [9.17, 15) is 9.59 Å². The van der Waals surface area contributed by atoms with E-state index >= 15 is 0 Å². The third-order valence-corrected chi connectivity index (χ3v) is 6.38. The van der Waals surface area contributed by atoms with Gasteiger partial charge in [0.05, 0.1) is 5.92 Å². The minimum absolute atomic E-state index is 0.00947. The number of carbonyl (C=O) groups excluding carboxylic acids is 2. The van der Waals surface area contributed by atoms with Crippen LogP contribution in [-0.4, -0.2) is 35.8 Å². The van der Waals surface area contributed by atoms with Gasteiger partial charge in [0.25, 0.3) is 5.91 Å². The highest BCUT2D eigenvalue weighted by atomic mass is 16.5. The van der Waals surface area contributed by atoms with E-state index in [2.05, 4.69) is 5.32 Å². The summed E-state index contributed by atoms with van der Waals surface area (Å²) in [5, 5.41) is 3.23. The molecule has 0 radical (unpaired) electrons. The van der Waals surface area contributed by atoms with E-state index in [0.29, 0.717) is 31.3 Å². The summed E-state index contributed by atoms with van der Waals surface area (Å²) < 4.78 is 5.82. The molecule has 1 unspecified atom stereocenters. The van der Waals surface area contributed by atoms with Gasteiger partial charge in [0.2, 0.25) is 5.91 Å². The normalized spacial score (nSPS) is 19.6. The fraction of sp³-hybridized carbons (Fsp3) is 0.462. The molecule has 1 atom stereocenters. The zero-order valence-electron chi connectivity index (χ0n) is 18.1. The zero-order valence-corrected chi connectivity index (χ0v) is 18.1. The molecule has 2 aromatic rings. The Hall–Kier alpha value is -2.82. The highest BCUT2D eigenvalue weighted by Gasteiger charge is 2.30. The first-order valence-electron chi connectivity index (χ1n) is 11.6. The molecule has 164 valence electrons. The number of carbonyl (C=O) groups is 2. The predicted octanol–water partition coefficient (Wildman–Crippen LogP) is 4.57. The number of hydrogen-bond donors (Lipinski definition) is 1. The maximum atomic E-state index is 13.0. The lowest BCUT2D eigenvalue weighted by atomic mass is 9.93. The molecule has 0 bridgehead atoms. The Bertz CT molecular complexity index is 860. The molecule has 1 saturated carbocycles. The van der Waals surface area contributed by atoms with E-state index in [1.165, 1.54) is 19.3 Å². The molecule has 1 aliphatic heterocycles. The number of benzene rings is 2. The van der Waals surface area contributed by atoms with Crippen molar-refractivity contribution in [2.75, 3.05) is 13.1 Å². The molecule has 2 aliphatic rings. The SMILES string of the molecule is O=C(NC1CCCCC1)C1CCCN(C(=O)c2ccc(OCc3ccccc3)cc2)C1. The predicted molar refractivity (Wildman–Crippen MR) is 121 cm³/mol. The minimum Gasteiger partial charge on any atom is -0.489 e. The molecular weight excluding hydrogens is 388 g/mol. The second-order valence-electron chi connectivity index (χ2n) is 8.73. The van der Waals surface area contributed by atoms with Gasteiger partial charge in [0.15, 0.2) is 0 Å². The van der Waals surface area contributed by atoms with Gasteiger partial charge in [-0.15, -0.1) is 0 Å². The van der Waals surface area contributed by atoms with Crippen LogP contribution in [0.4, 0.5) is 0 Å². The topological polar surface area (TPSA) is 58.6 Å². The first-order valence-corrected chi connectivity index (χ1v) is 11.6. The van der Waals surface area contributed by atoms with Gasteiger partial charge in [0.1, 0.15) is 12.4 Å². The van der Waals surface area contributed by atoms with Gasteiger partial charge in [-0.2, -0.15) is 0 Å². The standard InChI is InChI=1S/C26H32N2O3/c29-25(27-23-11-5-2-6-12-23)22-10-7-17-28(18-22)26(30)21-13-15-24(16-14-21)31-19-20-8-3-1-4-9-20/h1,3-4,8-9,13-16,22-23H,2,5-7,10-12,17-19H2,(H,27,29). The van der Waals surface area contributed by atoms with Crippen molar-refractivity contribution < 1.29 is 14.3 Å². The number of ether oxygens (including phenoxy) is 1. The van der Waals surface area contributed by atoms with Crippen LogP contribution in [0, 0.1) is 5.92 Å². The van der Waals surface area contributed by atoms with Crippen molar-refractivity contribution in [2.45, 2.75) is 57.6 Å². The quantitative estimate of drug-likeness (QED) is 0.745. The third-order valence-electron chi connectivity index (χ3n) is 6.38. The lowest BCUT2D eigenvalue weighted by Gasteiger charge is -2.33. The molecule has 1 aliphatic carbocycles. The van der Waals surface area contributed by atoms with Crippen LogP contribution in [0.15, 0.2) is 54.6 Å². The lowest BCUT2D eigenvalue weighted by Crippen LogP contribution is -2.47. The first kappa shape index (κ1) is 21.4. The number of hydrogen-bond acceptors (Lipinski definition) is 3. The molecule has 4 rings (SSSR count). The highest BCUT2D eigenvalue weighted by molar-refractivity contribution is 5.94. The molecule has 0 spiro atoms. The van der Waals surface area contributed by atoms with Gasteiger partial charge in [-0.05, 0) is 55.5 Å². The number of rotatable bonds is 6. The van der Waals surface area contributed by atoms with Crippen molar-refractivity contribution in [2.24, 2.45) is 5.92 Å². The summed E-state index contributed by atoms with van der Waals surface area (Å²) in [6.45, 7) is 1.71. The zero-order chi connectivity index (χ0) is 21.5. The number of nitrogens with one attached hydrogen (secondary N) is 1. The van der Waals surface area contributed by atoms with Crippen LogP contribution in [-0.2, 0) is 11.4 Å². The summed E-state index contributed by atoms with van der Waals surface area (Å²) in [5.41, 5.74) is 1.74. The van der Waals surface area contributed by atoms with Crippen molar-refractivity contribution in [1.29, 1.82) is 0 Å². The highest BCUT2D eigenvalue weighted by Crippen LogP contribution is 2.22. The van der Waals surface area contributed by atoms with Gasteiger partial charge in [-0.25, -0.2) is 0 Å². The minimum atomic E-state index is -0.104. The van der Waals surface area contributed by atoms with Crippen LogP contribution in [0.25, 0.3) is 0 Å². The van der Waals surface area contributed by atoms with Crippen molar-refractivity contribution >= 4 is 11.8 Å². The Kier molecular flexibility index (Phi) is 7.23. The number of nitrogens with zero attached hydrogens (tertiary/aromatic N) is 1. The summed E-state index contributed by atoms with van der Waals surface area (Å²) in [4.78, 5) is 27.6. The third kappa shape index (κ3) is 5.87. The lowest BCUT2D eigenvalue weighted by molar-refractivity contribution is -0.127. The van der Waals surface area contributed by atoms with Crippen LogP contribution in [0.1, 0.15) is 60.9 Å². The van der Waals surface area contributed by atoms with Gasteiger partial charge in [-0.1, -0.05) is 49.6 Å². The van der Waals surface area contributed by atoms with Gasteiger partial charge >= 0.3 is 0 Å². The smallest absolute Gasteiger partial charge is 0.253 e. The molecule has 1 saturated heterocycles. The average molecular weight is 421 g/mol. The molecule has 1 N–H and O–H groups in total. The largest absolute Gasteiger partial charge is 0.489 e. The second kappa shape index (κ2) is 10.5. The van der Waals surface area contributed by atoms with Crippen LogP contribution >= 0.6 is 0 Å². The first-order chi connectivity index (χ1) is 15.2. The molecule has 31 heavy (non-hydrogen) atoms. The molecule has 2 aromatic carbocycles. The Morgan fingerprint density at radius 1 is 0.903 bits per heavy atom. The summed E-state index contributed by atoms with van der Waals surface area (Å²) in [6, 6.07) is 17.6. The molecule has 2 fully saturated rings. The van der Waals surface area contributed by atoms with Gasteiger partial charge in [0, 0.05) is 24.7 Å². The van der Waals surface area contributed by atoms with Crippen molar-refractivity contribution in [3.63, 3.8) is 0 Å². The Morgan fingerprint density at radius 2 is 1.65 bits per heavy atom. The summed E-state index contributed by atoms with van der Waals surface area (Å²) in [6.07, 6.45) is 7.56. The van der Waals surface area contributed by atoms with E-state index in [1.54, 1.807) is 0 Å². The van der Waals surface area contributed by atoms with E-state index in [0.717, 1.165) is 37.0 Å². The fourth-order valence-corrected chi connectivity index (χ4v) is 4.56. The summed E-state index contributed by atoms with van der Waals surface area (Å²) >= 11 is 0. The molecule has 2 amide bonds. The van der Waals surface area contributed by atoms with E-state index < -0.39 is 0 Å². The molecule has 0 aromatic heterocycles. The van der Waals surface area contributed by atoms with Gasteiger partial charge in [-0.3, -0.25) is 9.59 Å². The second-order valence-corrected chi connectivity index (χ2v) is 8.73. The van der Waals surface area contributed by atoms with Crippen LogP contribution < -0.4 is 10.1 Å². The summed E-state index contributed by atoms with van der Waals surface area (Å²) in [7, 11) is 0. The maximum Gasteiger partial charge on any atom is 0.253 e. The Balaban J connectivity index is 1.30. The van der Waals surface area contributed by atoms with E-state index in [4.69, 9.17) is 4.74 Å². The molecular formula is C26H32N2O3. The molecule has 5 nitrogen and oxygen atoms in total. The number of likely N-dealkylation sites (tertiary alicyclic amines) is 1. The Morgan fingerprint density at radius 3 is 2.39 bits per heavy atom. The fourth-order valence-electron chi connectivity index (χ4n) is 4.56. The molecule has 5 heteroatoms. The molecule has 1 heterocycles. The monoisotopic (exact) mass is 420 g/mol. The van der Waals surface area contributed by atoms with Crippen molar-refractivity contribution in [3.05, 3.63) is 65.7 Å². The maximum absolute atomic E-state index is 13.0. The Labute approximate surface area is 184 Å². The van der Waals surface area contributed by atoms with Crippen molar-refractivity contribution in [1.82, 2.24) is 10.2 Å². The average Bonchev–Trinajstić information content (AvgIpc) is 2.84. The van der Waals surface area contributed by atoms with Crippen molar-refractivity contribution in [3.8, 4) is 5.75 Å². The number of amides is 2. The summed E-state index contributed by atoms with van der Waals surface area (Å²) in [5.74, 6) is 0.746. The van der Waals surface area contributed by atoms with Gasteiger partial charge < -0.3 is 15.0 Å². The van der Waals surface area contributed by atoms with E-state index in [-0.39, 0.29) is 17.7 Å². The van der Waals surface area contributed by atoms with E-state index in [1.807, 2.05) is 59.5 Å². The van der Waals surface area contributed by atoms with Crippen LogP contribution in [0.3, 0.4) is 0 Å². The van der Waals surface area contributed by atoms with Crippen LogP contribution in [0.2, 0.25) is 0 Å². The number of piperidine rings is 1.